The zero-order chi connectivity index (χ0) is 20.4. The summed E-state index contributed by atoms with van der Waals surface area (Å²) in [5, 5.41) is 4.46. The Kier molecular flexibility index (Phi) is 6.06. The molecule has 2 aromatic rings. The molecule has 7 heteroatoms. The van der Waals surface area contributed by atoms with Gasteiger partial charge < -0.3 is 14.6 Å². The summed E-state index contributed by atoms with van der Waals surface area (Å²) in [7, 11) is 1.80. The van der Waals surface area contributed by atoms with Gasteiger partial charge in [-0.3, -0.25) is 4.90 Å². The van der Waals surface area contributed by atoms with Gasteiger partial charge in [0.1, 0.15) is 6.54 Å². The monoisotopic (exact) mass is 409 g/mol. The van der Waals surface area contributed by atoms with Crippen LogP contribution in [0.25, 0.3) is 10.9 Å². The van der Waals surface area contributed by atoms with Crippen LogP contribution in [0.5, 0.6) is 0 Å². The summed E-state index contributed by atoms with van der Waals surface area (Å²) in [6, 6.07) is 8.34. The van der Waals surface area contributed by atoms with Crippen LogP contribution in [-0.4, -0.2) is 54.0 Å². The van der Waals surface area contributed by atoms with Gasteiger partial charge >= 0.3 is 6.18 Å². The van der Waals surface area contributed by atoms with E-state index in [1.807, 2.05) is 12.1 Å². The molecule has 0 spiro atoms. The van der Waals surface area contributed by atoms with Crippen molar-refractivity contribution >= 4 is 16.6 Å². The molecule has 160 valence electrons. The van der Waals surface area contributed by atoms with Gasteiger partial charge in [0.15, 0.2) is 0 Å². The van der Waals surface area contributed by atoms with Crippen LogP contribution in [-0.2, 0) is 11.3 Å². The molecule has 2 fully saturated rings. The second-order valence-electron chi connectivity index (χ2n) is 8.44. The Balaban J connectivity index is 1.38. The van der Waals surface area contributed by atoms with E-state index in [4.69, 9.17) is 4.74 Å². The summed E-state index contributed by atoms with van der Waals surface area (Å²) >= 11 is 0. The molecule has 2 aliphatic rings. The molecule has 4 rings (SSSR count). The Morgan fingerprint density at radius 1 is 1.10 bits per heavy atom. The number of aromatic nitrogens is 1. The molecule has 0 amide bonds. The number of ether oxygens (including phenoxy) is 1. The number of methoxy groups -OCH3 is 1. The average molecular weight is 409 g/mol. The number of nitrogens with zero attached hydrogens (tertiary/aromatic N) is 2. The lowest BCUT2D eigenvalue weighted by molar-refractivity contribution is -0.139. The maximum absolute atomic E-state index is 12.8. The number of alkyl halides is 3. The first-order chi connectivity index (χ1) is 13.9. The molecule has 1 N–H and O–H groups in total. The summed E-state index contributed by atoms with van der Waals surface area (Å²) in [5.41, 5.74) is 1.56. The lowest BCUT2D eigenvalue weighted by atomic mass is 9.88. The van der Waals surface area contributed by atoms with Crippen molar-refractivity contribution in [1.82, 2.24) is 9.47 Å². The van der Waals surface area contributed by atoms with Crippen molar-refractivity contribution in [3.63, 3.8) is 0 Å². The van der Waals surface area contributed by atoms with E-state index in [0.29, 0.717) is 23.7 Å². The number of rotatable bonds is 5. The van der Waals surface area contributed by atoms with E-state index in [1.165, 1.54) is 17.2 Å². The highest BCUT2D eigenvalue weighted by Crippen LogP contribution is 2.32. The van der Waals surface area contributed by atoms with Gasteiger partial charge in [-0.1, -0.05) is 6.07 Å². The van der Waals surface area contributed by atoms with E-state index in [2.05, 4.69) is 10.2 Å². The standard InChI is InChI=1S/C22H30F3N3O/c1-29-18-4-3-12-27(14-18)17-9-7-16(8-10-17)26-20-5-2-6-21-19(20)11-13-28(21)15-22(23,24)25/h2,5-6,11,13,16-18,26H,3-4,7-10,12,14-15H2,1H3. The van der Waals surface area contributed by atoms with Crippen molar-refractivity contribution in [1.29, 1.82) is 0 Å². The first kappa shape index (κ1) is 20.5. The third kappa shape index (κ3) is 4.89. The smallest absolute Gasteiger partial charge is 0.382 e. The molecule has 0 radical (unpaired) electrons. The fourth-order valence-electron chi connectivity index (χ4n) is 4.98. The van der Waals surface area contributed by atoms with Crippen LogP contribution >= 0.6 is 0 Å². The molecule has 1 saturated carbocycles. The molecule has 1 aliphatic heterocycles. The molecule has 0 bridgehead atoms. The number of anilines is 1. The van der Waals surface area contributed by atoms with Gasteiger partial charge in [-0.15, -0.1) is 0 Å². The normalized spacial score (nSPS) is 26.7. The molecule has 1 aromatic heterocycles. The summed E-state index contributed by atoms with van der Waals surface area (Å²) in [6.45, 7) is 1.24. The zero-order valence-corrected chi connectivity index (χ0v) is 16.9. The lowest BCUT2D eigenvalue weighted by Gasteiger charge is -2.41. The largest absolute Gasteiger partial charge is 0.406 e. The van der Waals surface area contributed by atoms with Crippen LogP contribution in [0.2, 0.25) is 0 Å². The lowest BCUT2D eigenvalue weighted by Crippen LogP contribution is -2.47. The van der Waals surface area contributed by atoms with Crippen molar-refractivity contribution in [3.05, 3.63) is 30.5 Å². The van der Waals surface area contributed by atoms with E-state index in [9.17, 15) is 13.2 Å². The quantitative estimate of drug-likeness (QED) is 0.750. The van der Waals surface area contributed by atoms with E-state index in [1.54, 1.807) is 19.2 Å². The van der Waals surface area contributed by atoms with Crippen molar-refractivity contribution in [2.75, 3.05) is 25.5 Å². The number of nitrogens with one attached hydrogen (secondary N) is 1. The third-order valence-corrected chi connectivity index (χ3v) is 6.48. The number of hydrogen-bond acceptors (Lipinski definition) is 3. The van der Waals surface area contributed by atoms with Gasteiger partial charge in [-0.05, 0) is 63.3 Å². The van der Waals surface area contributed by atoms with Crippen molar-refractivity contribution in [2.24, 2.45) is 0 Å². The second kappa shape index (κ2) is 8.56. The molecule has 1 aliphatic carbocycles. The fourth-order valence-corrected chi connectivity index (χ4v) is 4.98. The summed E-state index contributed by atoms with van der Waals surface area (Å²) < 4.78 is 45.3. The average Bonchev–Trinajstić information content (AvgIpc) is 3.11. The maximum atomic E-state index is 12.8. The van der Waals surface area contributed by atoms with Gasteiger partial charge in [0.2, 0.25) is 0 Å². The molecule has 1 atom stereocenters. The minimum absolute atomic E-state index is 0.359. The number of piperidine rings is 1. The SMILES string of the molecule is COC1CCCN(C2CCC(Nc3cccc4c3ccn4CC(F)(F)F)CC2)C1. The van der Waals surface area contributed by atoms with Crippen LogP contribution in [0, 0.1) is 0 Å². The Bertz CT molecular complexity index is 811. The number of benzene rings is 1. The van der Waals surface area contributed by atoms with Crippen LogP contribution in [0.4, 0.5) is 18.9 Å². The highest BCUT2D eigenvalue weighted by Gasteiger charge is 2.30. The van der Waals surface area contributed by atoms with Crippen molar-refractivity contribution in [2.45, 2.75) is 69.4 Å². The van der Waals surface area contributed by atoms with Crippen LogP contribution < -0.4 is 5.32 Å². The highest BCUT2D eigenvalue weighted by atomic mass is 19.4. The first-order valence-electron chi connectivity index (χ1n) is 10.6. The molecule has 2 heterocycles. The van der Waals surface area contributed by atoms with Crippen LogP contribution in [0.3, 0.4) is 0 Å². The van der Waals surface area contributed by atoms with E-state index in [0.717, 1.165) is 56.3 Å². The summed E-state index contributed by atoms with van der Waals surface area (Å²) in [6.07, 6.45) is 4.50. The molecular weight excluding hydrogens is 379 g/mol. The number of likely N-dealkylation sites (tertiary alicyclic amines) is 1. The minimum Gasteiger partial charge on any atom is -0.382 e. The predicted octanol–water partition coefficient (Wildman–Crippen LogP) is 5.04. The third-order valence-electron chi connectivity index (χ3n) is 6.48. The van der Waals surface area contributed by atoms with Gasteiger partial charge in [-0.25, -0.2) is 0 Å². The summed E-state index contributed by atoms with van der Waals surface area (Å²) in [5.74, 6) is 0. The number of fused-ring (bicyclic) bond motifs is 1. The molecule has 1 saturated heterocycles. The second-order valence-corrected chi connectivity index (χ2v) is 8.44. The van der Waals surface area contributed by atoms with Gasteiger partial charge in [0.25, 0.3) is 0 Å². The number of halogens is 3. The van der Waals surface area contributed by atoms with Crippen LogP contribution in [0.1, 0.15) is 38.5 Å². The van der Waals surface area contributed by atoms with Crippen molar-refractivity contribution < 1.29 is 17.9 Å². The van der Waals surface area contributed by atoms with E-state index >= 15 is 0 Å². The maximum Gasteiger partial charge on any atom is 0.406 e. The molecule has 4 nitrogen and oxygen atoms in total. The fraction of sp³-hybridized carbons (Fsp3) is 0.636. The number of hydrogen-bond donors (Lipinski definition) is 1. The van der Waals surface area contributed by atoms with Gasteiger partial charge in [-0.2, -0.15) is 13.2 Å². The van der Waals surface area contributed by atoms with Crippen molar-refractivity contribution in [3.8, 4) is 0 Å². The van der Waals surface area contributed by atoms with E-state index in [-0.39, 0.29) is 0 Å². The Labute approximate surface area is 170 Å². The molecular formula is C22H30F3N3O. The van der Waals surface area contributed by atoms with Gasteiger partial charge in [0.05, 0.1) is 11.6 Å². The van der Waals surface area contributed by atoms with Crippen LogP contribution in [0.15, 0.2) is 30.5 Å². The van der Waals surface area contributed by atoms with Gasteiger partial charge in [0, 0.05) is 43.0 Å². The highest BCUT2D eigenvalue weighted by molar-refractivity contribution is 5.92. The minimum atomic E-state index is -4.22. The molecule has 1 unspecified atom stereocenters. The summed E-state index contributed by atoms with van der Waals surface area (Å²) in [4.78, 5) is 2.59. The Hall–Kier alpha value is -1.73. The molecule has 29 heavy (non-hydrogen) atoms. The Morgan fingerprint density at radius 2 is 1.90 bits per heavy atom. The first-order valence-corrected chi connectivity index (χ1v) is 10.6. The molecule has 1 aromatic carbocycles. The topological polar surface area (TPSA) is 29.4 Å². The predicted molar refractivity (Wildman–Crippen MR) is 109 cm³/mol. The zero-order valence-electron chi connectivity index (χ0n) is 16.9. The van der Waals surface area contributed by atoms with E-state index < -0.39 is 12.7 Å². The Morgan fingerprint density at radius 3 is 2.62 bits per heavy atom.